The van der Waals surface area contributed by atoms with Gasteiger partial charge in [-0.05, 0) is 30.6 Å². The molecule has 0 aromatic rings. The lowest BCUT2D eigenvalue weighted by atomic mass is 10.1. The van der Waals surface area contributed by atoms with Gasteiger partial charge in [-0.3, -0.25) is 0 Å². The second kappa shape index (κ2) is 2.71. The van der Waals surface area contributed by atoms with E-state index in [4.69, 9.17) is 4.74 Å². The number of nitrogens with zero attached hydrogens (tertiary/aromatic N) is 1. The number of hydrogen-bond donors (Lipinski definition) is 0. The second-order valence-corrected chi connectivity index (χ2v) is 4.70. The van der Waals surface area contributed by atoms with Gasteiger partial charge in [0.25, 0.3) is 0 Å². The van der Waals surface area contributed by atoms with Crippen molar-refractivity contribution in [3.63, 3.8) is 0 Å². The highest BCUT2D eigenvalue weighted by Gasteiger charge is 2.45. The van der Waals surface area contributed by atoms with E-state index >= 15 is 0 Å². The molecule has 0 N–H and O–H groups in total. The minimum absolute atomic E-state index is 0.850. The Morgan fingerprint density at radius 2 is 2.08 bits per heavy atom. The van der Waals surface area contributed by atoms with Gasteiger partial charge in [0.15, 0.2) is 0 Å². The molecule has 0 bridgehead atoms. The summed E-state index contributed by atoms with van der Waals surface area (Å²) in [4.78, 5) is 2.65. The lowest BCUT2D eigenvalue weighted by Crippen LogP contribution is -2.29. The molecule has 2 nitrogen and oxygen atoms in total. The number of hydrogen-bond acceptors (Lipinski definition) is 2. The molecule has 1 saturated carbocycles. The minimum atomic E-state index is 0.850. The van der Waals surface area contributed by atoms with Gasteiger partial charge in [0.1, 0.15) is 0 Å². The van der Waals surface area contributed by atoms with E-state index < -0.39 is 0 Å². The third kappa shape index (κ3) is 1.27. The number of likely N-dealkylation sites (tertiary alicyclic amines) is 1. The first-order chi connectivity index (χ1) is 5.92. The van der Waals surface area contributed by atoms with Gasteiger partial charge in [-0.2, -0.15) is 0 Å². The highest BCUT2D eigenvalue weighted by Crippen LogP contribution is 2.45. The topological polar surface area (TPSA) is 12.5 Å². The van der Waals surface area contributed by atoms with E-state index in [2.05, 4.69) is 4.90 Å². The number of fused-ring (bicyclic) bond motifs is 1. The van der Waals surface area contributed by atoms with E-state index in [1.165, 1.54) is 32.5 Å². The molecule has 0 spiro atoms. The summed E-state index contributed by atoms with van der Waals surface area (Å²) in [6.45, 7) is 6.12. The van der Waals surface area contributed by atoms with Crippen molar-refractivity contribution in [1.82, 2.24) is 4.90 Å². The molecular formula is C10H17NO. The molecular weight excluding hydrogens is 150 g/mol. The van der Waals surface area contributed by atoms with Crippen molar-refractivity contribution < 1.29 is 4.74 Å². The maximum Gasteiger partial charge on any atom is 0.0507 e. The zero-order chi connectivity index (χ0) is 7.97. The van der Waals surface area contributed by atoms with Crippen LogP contribution in [0.4, 0.5) is 0 Å². The van der Waals surface area contributed by atoms with E-state index in [0.29, 0.717) is 0 Å². The fraction of sp³-hybridized carbons (Fsp3) is 1.00. The molecule has 3 fully saturated rings. The van der Waals surface area contributed by atoms with Crippen molar-refractivity contribution in [3.8, 4) is 0 Å². The Morgan fingerprint density at radius 3 is 2.75 bits per heavy atom. The fourth-order valence-electron chi connectivity index (χ4n) is 2.74. The number of piperidine rings is 1. The average Bonchev–Trinajstić information content (AvgIpc) is 2.55. The Bertz CT molecular complexity index is 167. The third-order valence-corrected chi connectivity index (χ3v) is 3.59. The number of ether oxygens (including phenoxy) is 1. The van der Waals surface area contributed by atoms with Gasteiger partial charge in [-0.1, -0.05) is 0 Å². The molecule has 3 atom stereocenters. The van der Waals surface area contributed by atoms with E-state index in [1.54, 1.807) is 0 Å². The second-order valence-electron chi connectivity index (χ2n) is 4.70. The van der Waals surface area contributed by atoms with Crippen LogP contribution in [0, 0.1) is 17.8 Å². The van der Waals surface area contributed by atoms with Crippen LogP contribution >= 0.6 is 0 Å². The molecule has 0 aromatic carbocycles. The number of rotatable bonds is 2. The van der Waals surface area contributed by atoms with Gasteiger partial charge in [0, 0.05) is 26.2 Å². The summed E-state index contributed by atoms with van der Waals surface area (Å²) in [6, 6.07) is 0. The van der Waals surface area contributed by atoms with Crippen LogP contribution in [0.5, 0.6) is 0 Å². The van der Waals surface area contributed by atoms with Gasteiger partial charge < -0.3 is 9.64 Å². The van der Waals surface area contributed by atoms with Crippen molar-refractivity contribution >= 4 is 0 Å². The van der Waals surface area contributed by atoms with Crippen molar-refractivity contribution in [2.75, 3.05) is 32.8 Å². The van der Waals surface area contributed by atoms with Crippen molar-refractivity contribution in [2.45, 2.75) is 12.8 Å². The van der Waals surface area contributed by atoms with Crippen molar-refractivity contribution in [1.29, 1.82) is 0 Å². The third-order valence-electron chi connectivity index (χ3n) is 3.59. The Balaban J connectivity index is 1.48. The maximum absolute atomic E-state index is 5.38. The first-order valence-corrected chi connectivity index (χ1v) is 5.22. The summed E-state index contributed by atoms with van der Waals surface area (Å²) < 4.78 is 5.38. The molecule has 3 aliphatic rings. The van der Waals surface area contributed by atoms with Crippen LogP contribution in [0.3, 0.4) is 0 Å². The predicted molar refractivity (Wildman–Crippen MR) is 47.0 cm³/mol. The molecule has 0 radical (unpaired) electrons. The summed E-state index contributed by atoms with van der Waals surface area (Å²) in [7, 11) is 0. The van der Waals surface area contributed by atoms with E-state index in [9.17, 15) is 0 Å². The van der Waals surface area contributed by atoms with Gasteiger partial charge in [-0.25, -0.2) is 0 Å². The molecule has 2 aliphatic heterocycles. The lowest BCUT2D eigenvalue weighted by molar-refractivity contribution is 0.171. The summed E-state index contributed by atoms with van der Waals surface area (Å²) in [5.74, 6) is 3.03. The fourth-order valence-corrected chi connectivity index (χ4v) is 2.74. The lowest BCUT2D eigenvalue weighted by Gasteiger charge is -2.20. The highest BCUT2D eigenvalue weighted by atomic mass is 16.5. The van der Waals surface area contributed by atoms with Crippen LogP contribution in [-0.2, 0) is 4.74 Å². The molecule has 1 aliphatic carbocycles. The quantitative estimate of drug-likeness (QED) is 0.607. The molecule has 0 amide bonds. The van der Waals surface area contributed by atoms with E-state index in [-0.39, 0.29) is 0 Å². The van der Waals surface area contributed by atoms with Gasteiger partial charge in [0.2, 0.25) is 0 Å². The Hall–Kier alpha value is -0.0800. The molecule has 12 heavy (non-hydrogen) atoms. The SMILES string of the molecule is C1CC(CN2CC3CC3C2)CO1. The van der Waals surface area contributed by atoms with Gasteiger partial charge >= 0.3 is 0 Å². The predicted octanol–water partition coefficient (Wildman–Crippen LogP) is 0.975. The minimum Gasteiger partial charge on any atom is -0.381 e. The summed E-state index contributed by atoms with van der Waals surface area (Å²) in [5, 5.41) is 0. The Labute approximate surface area is 73.9 Å². The first kappa shape index (κ1) is 7.34. The standard InChI is InChI=1S/C10H17NO/c1-2-12-7-8(1)4-11-5-9-3-10(9)6-11/h8-10H,1-7H2. The molecule has 2 heteroatoms. The van der Waals surface area contributed by atoms with Crippen LogP contribution in [0.2, 0.25) is 0 Å². The van der Waals surface area contributed by atoms with Crippen LogP contribution in [-0.4, -0.2) is 37.7 Å². The Morgan fingerprint density at radius 1 is 1.25 bits per heavy atom. The molecule has 3 unspecified atom stereocenters. The molecule has 3 rings (SSSR count). The van der Waals surface area contributed by atoms with Crippen LogP contribution < -0.4 is 0 Å². The highest BCUT2D eigenvalue weighted by molar-refractivity contribution is 4.97. The zero-order valence-corrected chi connectivity index (χ0v) is 7.54. The monoisotopic (exact) mass is 167 g/mol. The normalized spacial score (nSPS) is 46.5. The van der Waals surface area contributed by atoms with Crippen LogP contribution in [0.1, 0.15) is 12.8 Å². The van der Waals surface area contributed by atoms with Crippen LogP contribution in [0.15, 0.2) is 0 Å². The van der Waals surface area contributed by atoms with E-state index in [1.807, 2.05) is 0 Å². The summed E-state index contributed by atoms with van der Waals surface area (Å²) in [6.07, 6.45) is 2.82. The smallest absolute Gasteiger partial charge is 0.0507 e. The maximum atomic E-state index is 5.38. The van der Waals surface area contributed by atoms with Crippen molar-refractivity contribution in [3.05, 3.63) is 0 Å². The van der Waals surface area contributed by atoms with Gasteiger partial charge in [-0.15, -0.1) is 0 Å². The molecule has 2 saturated heterocycles. The first-order valence-electron chi connectivity index (χ1n) is 5.22. The van der Waals surface area contributed by atoms with Crippen molar-refractivity contribution in [2.24, 2.45) is 17.8 Å². The van der Waals surface area contributed by atoms with Gasteiger partial charge in [0.05, 0.1) is 6.61 Å². The Kier molecular flexibility index (Phi) is 1.66. The summed E-state index contributed by atoms with van der Waals surface area (Å²) in [5.41, 5.74) is 0. The summed E-state index contributed by atoms with van der Waals surface area (Å²) >= 11 is 0. The van der Waals surface area contributed by atoms with E-state index in [0.717, 1.165) is 31.0 Å². The molecule has 68 valence electrons. The molecule has 2 heterocycles. The van der Waals surface area contributed by atoms with Crippen LogP contribution in [0.25, 0.3) is 0 Å². The largest absolute Gasteiger partial charge is 0.381 e. The average molecular weight is 167 g/mol. The zero-order valence-electron chi connectivity index (χ0n) is 7.54. The molecule has 0 aromatic heterocycles.